The predicted molar refractivity (Wildman–Crippen MR) is 77.4 cm³/mol. The van der Waals surface area contributed by atoms with Gasteiger partial charge in [-0.25, -0.2) is 0 Å². The van der Waals surface area contributed by atoms with Gasteiger partial charge in [0.25, 0.3) is 0 Å². The lowest BCUT2D eigenvalue weighted by atomic mass is 9.61. The zero-order valence-corrected chi connectivity index (χ0v) is 13.2. The van der Waals surface area contributed by atoms with Crippen LogP contribution in [-0.4, -0.2) is 29.4 Å². The predicted octanol–water partition coefficient (Wildman–Crippen LogP) is 2.51. The molecule has 5 nitrogen and oxygen atoms in total. The Morgan fingerprint density at radius 2 is 2.15 bits per heavy atom. The third-order valence-electron chi connectivity index (χ3n) is 5.16. The quantitative estimate of drug-likeness (QED) is 0.918. The number of nitrogens with zero attached hydrogens (tertiary/aromatic N) is 2. The summed E-state index contributed by atoms with van der Waals surface area (Å²) < 4.78 is 10.8. The molecule has 1 fully saturated rings. The zero-order chi connectivity index (χ0) is 14.9. The fraction of sp³-hybridized carbons (Fsp3) is 0.867. The molecular formula is C15H27N3O2. The molecule has 0 aliphatic heterocycles. The summed E-state index contributed by atoms with van der Waals surface area (Å²) in [5.74, 6) is 2.21. The van der Waals surface area contributed by atoms with Gasteiger partial charge in [-0.1, -0.05) is 25.9 Å². The fourth-order valence-electron chi connectivity index (χ4n) is 3.12. The van der Waals surface area contributed by atoms with E-state index in [4.69, 9.17) is 15.0 Å². The molecule has 0 saturated heterocycles. The summed E-state index contributed by atoms with van der Waals surface area (Å²) in [6.07, 6.45) is 2.82. The van der Waals surface area contributed by atoms with Gasteiger partial charge in [0.15, 0.2) is 5.82 Å². The van der Waals surface area contributed by atoms with Gasteiger partial charge in [-0.05, 0) is 31.1 Å². The number of hydrogen-bond acceptors (Lipinski definition) is 5. The Bertz CT molecular complexity index is 444. The van der Waals surface area contributed by atoms with Crippen molar-refractivity contribution in [3.05, 3.63) is 11.7 Å². The molecule has 0 bridgehead atoms. The molecule has 0 spiro atoms. The van der Waals surface area contributed by atoms with E-state index in [1.54, 1.807) is 7.11 Å². The Balaban J connectivity index is 2.15. The van der Waals surface area contributed by atoms with Crippen molar-refractivity contribution in [2.75, 3.05) is 7.11 Å². The van der Waals surface area contributed by atoms with Crippen molar-refractivity contribution in [1.82, 2.24) is 10.1 Å². The maximum Gasteiger partial charge on any atom is 0.230 e. The van der Waals surface area contributed by atoms with Gasteiger partial charge in [-0.3, -0.25) is 0 Å². The van der Waals surface area contributed by atoms with Crippen LogP contribution >= 0.6 is 0 Å². The van der Waals surface area contributed by atoms with Crippen molar-refractivity contribution in [2.24, 2.45) is 17.1 Å². The summed E-state index contributed by atoms with van der Waals surface area (Å²) in [6, 6.07) is 0.261. The van der Waals surface area contributed by atoms with Crippen molar-refractivity contribution >= 4 is 0 Å². The van der Waals surface area contributed by atoms with Crippen LogP contribution in [0.2, 0.25) is 0 Å². The van der Waals surface area contributed by atoms with Crippen molar-refractivity contribution in [1.29, 1.82) is 0 Å². The number of methoxy groups -OCH3 is 1. The summed E-state index contributed by atoms with van der Waals surface area (Å²) >= 11 is 0. The summed E-state index contributed by atoms with van der Waals surface area (Å²) in [6.45, 7) is 8.73. The van der Waals surface area contributed by atoms with Gasteiger partial charge in [0.1, 0.15) is 0 Å². The number of ether oxygens (including phenoxy) is 1. The third-order valence-corrected chi connectivity index (χ3v) is 5.16. The lowest BCUT2D eigenvalue weighted by Crippen LogP contribution is -2.45. The minimum absolute atomic E-state index is 0.0777. The number of nitrogens with two attached hydrogens (primary N) is 1. The number of hydrogen-bond donors (Lipinski definition) is 1. The van der Waals surface area contributed by atoms with Crippen LogP contribution in [0, 0.1) is 11.3 Å². The first-order valence-corrected chi connectivity index (χ1v) is 7.47. The van der Waals surface area contributed by atoms with Crippen LogP contribution in [0.1, 0.15) is 58.2 Å². The second kappa shape index (κ2) is 5.82. The molecule has 1 heterocycles. The van der Waals surface area contributed by atoms with Gasteiger partial charge in [0, 0.05) is 25.5 Å². The summed E-state index contributed by atoms with van der Waals surface area (Å²) in [5.41, 5.74) is 6.28. The topological polar surface area (TPSA) is 74.2 Å². The first-order valence-electron chi connectivity index (χ1n) is 7.47. The lowest BCUT2D eigenvalue weighted by Gasteiger charge is -2.45. The molecule has 0 aromatic carbocycles. The average molecular weight is 281 g/mol. The van der Waals surface area contributed by atoms with E-state index in [0.717, 1.165) is 24.6 Å². The van der Waals surface area contributed by atoms with Crippen LogP contribution in [0.4, 0.5) is 0 Å². The van der Waals surface area contributed by atoms with Gasteiger partial charge in [0.05, 0.1) is 6.10 Å². The molecule has 4 atom stereocenters. The number of aromatic nitrogens is 2. The summed E-state index contributed by atoms with van der Waals surface area (Å²) in [7, 11) is 1.69. The Morgan fingerprint density at radius 1 is 1.45 bits per heavy atom. The van der Waals surface area contributed by atoms with Gasteiger partial charge in [0.2, 0.25) is 5.89 Å². The monoisotopic (exact) mass is 281 g/mol. The molecule has 1 aliphatic carbocycles. The smallest absolute Gasteiger partial charge is 0.230 e. The van der Waals surface area contributed by atoms with Crippen LogP contribution in [0.5, 0.6) is 0 Å². The molecule has 0 radical (unpaired) electrons. The van der Waals surface area contributed by atoms with Gasteiger partial charge >= 0.3 is 0 Å². The van der Waals surface area contributed by atoms with E-state index in [9.17, 15) is 0 Å². The highest BCUT2D eigenvalue weighted by Crippen LogP contribution is 2.49. The van der Waals surface area contributed by atoms with E-state index >= 15 is 0 Å². The molecule has 1 saturated carbocycles. The highest BCUT2D eigenvalue weighted by molar-refractivity contribution is 5.07. The molecule has 5 heteroatoms. The molecule has 0 amide bonds. The Hall–Kier alpha value is -0.940. The van der Waals surface area contributed by atoms with E-state index in [-0.39, 0.29) is 23.5 Å². The van der Waals surface area contributed by atoms with Crippen LogP contribution in [-0.2, 0) is 11.2 Å². The highest BCUT2D eigenvalue weighted by Gasteiger charge is 2.44. The average Bonchev–Trinajstić information content (AvgIpc) is 2.84. The molecule has 1 aliphatic rings. The minimum atomic E-state index is 0.0777. The summed E-state index contributed by atoms with van der Waals surface area (Å²) in [5, 5.41) is 4.09. The highest BCUT2D eigenvalue weighted by atomic mass is 16.5. The van der Waals surface area contributed by atoms with Crippen LogP contribution in [0.15, 0.2) is 4.52 Å². The Kier molecular flexibility index (Phi) is 4.49. The van der Waals surface area contributed by atoms with Gasteiger partial charge < -0.3 is 15.0 Å². The van der Waals surface area contributed by atoms with Crippen molar-refractivity contribution in [3.8, 4) is 0 Å². The molecule has 114 valence electrons. The maximum atomic E-state index is 6.20. The molecule has 2 N–H and O–H groups in total. The van der Waals surface area contributed by atoms with Crippen molar-refractivity contribution < 1.29 is 9.26 Å². The largest absolute Gasteiger partial charge is 0.381 e. The van der Waals surface area contributed by atoms with Crippen molar-refractivity contribution in [2.45, 2.75) is 65.0 Å². The Labute approximate surface area is 121 Å². The second-order valence-electron chi connectivity index (χ2n) is 6.70. The molecule has 4 unspecified atom stereocenters. The zero-order valence-electron chi connectivity index (χ0n) is 13.2. The fourth-order valence-corrected chi connectivity index (χ4v) is 3.12. The minimum Gasteiger partial charge on any atom is -0.381 e. The molecular weight excluding hydrogens is 254 g/mol. The molecule has 20 heavy (non-hydrogen) atoms. The Morgan fingerprint density at radius 3 is 2.80 bits per heavy atom. The summed E-state index contributed by atoms with van der Waals surface area (Å²) in [4.78, 5) is 4.58. The van der Waals surface area contributed by atoms with Gasteiger partial charge in [-0.2, -0.15) is 4.98 Å². The van der Waals surface area contributed by atoms with E-state index < -0.39 is 0 Å². The maximum absolute atomic E-state index is 6.20. The van der Waals surface area contributed by atoms with Crippen LogP contribution in [0.25, 0.3) is 0 Å². The van der Waals surface area contributed by atoms with Gasteiger partial charge in [-0.15, -0.1) is 0 Å². The van der Waals surface area contributed by atoms with E-state index in [1.165, 1.54) is 0 Å². The standard InChI is InChI=1S/C15H27N3O2/c1-9(19-5)8-13-17-14(20-18-13)11-6-7-12(16)10(2)15(11,3)4/h9-12H,6-8,16H2,1-5H3. The third kappa shape index (κ3) is 2.88. The molecule has 2 rings (SSSR count). The van der Waals surface area contributed by atoms with E-state index in [0.29, 0.717) is 12.3 Å². The second-order valence-corrected chi connectivity index (χ2v) is 6.70. The SMILES string of the molecule is COC(C)Cc1noc(C2CCC(N)C(C)C2(C)C)n1. The first kappa shape index (κ1) is 15.4. The van der Waals surface area contributed by atoms with Crippen LogP contribution in [0.3, 0.4) is 0 Å². The first-order chi connectivity index (χ1) is 9.36. The molecule has 1 aromatic heterocycles. The van der Waals surface area contributed by atoms with E-state index in [1.807, 2.05) is 6.92 Å². The molecule has 1 aromatic rings. The lowest BCUT2D eigenvalue weighted by molar-refractivity contribution is 0.0806. The van der Waals surface area contributed by atoms with E-state index in [2.05, 4.69) is 30.9 Å². The normalized spacial score (nSPS) is 31.2. The van der Waals surface area contributed by atoms with Crippen molar-refractivity contribution in [3.63, 3.8) is 0 Å². The number of rotatable bonds is 4. The van der Waals surface area contributed by atoms with Crippen LogP contribution < -0.4 is 5.73 Å².